The van der Waals surface area contributed by atoms with E-state index in [1.165, 1.54) is 19.2 Å². The molecule has 0 aliphatic carbocycles. The molecule has 1 aromatic carbocycles. The Morgan fingerprint density at radius 1 is 1.38 bits per heavy atom. The second-order valence-corrected chi connectivity index (χ2v) is 5.14. The van der Waals surface area contributed by atoms with Gasteiger partial charge in [-0.15, -0.1) is 0 Å². The third-order valence-electron chi connectivity index (χ3n) is 3.08. The molecule has 118 valence electrons. The van der Waals surface area contributed by atoms with Crippen LogP contribution in [-0.4, -0.2) is 43.0 Å². The zero-order valence-corrected chi connectivity index (χ0v) is 12.6. The van der Waals surface area contributed by atoms with Crippen LogP contribution in [0.5, 0.6) is 5.75 Å². The Morgan fingerprint density at radius 2 is 2.10 bits per heavy atom. The highest BCUT2D eigenvalue weighted by atomic mass is 16.6. The third kappa shape index (κ3) is 6.07. The molecule has 7 heteroatoms. The van der Waals surface area contributed by atoms with Crippen molar-refractivity contribution in [1.29, 1.82) is 0 Å². The predicted molar refractivity (Wildman–Crippen MR) is 78.5 cm³/mol. The van der Waals surface area contributed by atoms with E-state index >= 15 is 0 Å². The molecule has 0 fully saturated rings. The molecule has 0 aromatic heterocycles. The van der Waals surface area contributed by atoms with Crippen LogP contribution in [0.3, 0.4) is 0 Å². The van der Waals surface area contributed by atoms with Gasteiger partial charge in [-0.3, -0.25) is 10.1 Å². The van der Waals surface area contributed by atoms with E-state index in [2.05, 4.69) is 5.32 Å². The van der Waals surface area contributed by atoms with E-state index in [0.717, 1.165) is 5.56 Å². The number of ether oxygens (including phenoxy) is 2. The maximum atomic E-state index is 10.8. The van der Waals surface area contributed by atoms with Gasteiger partial charge < -0.3 is 19.9 Å². The molecule has 0 aliphatic heterocycles. The molecule has 0 saturated heterocycles. The molecule has 1 atom stereocenters. The van der Waals surface area contributed by atoms with Crippen molar-refractivity contribution in [2.75, 3.05) is 27.4 Å². The maximum absolute atomic E-state index is 10.8. The molecule has 0 radical (unpaired) electrons. The van der Waals surface area contributed by atoms with E-state index in [-0.39, 0.29) is 5.69 Å². The average Bonchev–Trinajstić information content (AvgIpc) is 2.44. The largest absolute Gasteiger partial charge is 0.496 e. The highest BCUT2D eigenvalue weighted by Gasteiger charge is 2.19. The summed E-state index contributed by atoms with van der Waals surface area (Å²) in [6, 6.07) is 4.58. The Kier molecular flexibility index (Phi) is 6.54. The average molecular weight is 298 g/mol. The number of methoxy groups -OCH3 is 2. The minimum Gasteiger partial charge on any atom is -0.496 e. The molecule has 1 unspecified atom stereocenters. The Hall–Kier alpha value is -1.70. The Morgan fingerprint density at radius 3 is 2.67 bits per heavy atom. The number of nitrogens with zero attached hydrogens (tertiary/aromatic N) is 1. The SMILES string of the molecule is COCCC(C)(O)CNCc1cc(OC)cc([N+](=O)[O-])c1. The summed E-state index contributed by atoms with van der Waals surface area (Å²) in [6.45, 7) is 2.95. The highest BCUT2D eigenvalue weighted by molar-refractivity contribution is 5.42. The summed E-state index contributed by atoms with van der Waals surface area (Å²) in [5, 5.41) is 24.0. The van der Waals surface area contributed by atoms with Gasteiger partial charge in [0.05, 0.1) is 23.7 Å². The lowest BCUT2D eigenvalue weighted by atomic mass is 10.0. The summed E-state index contributed by atoms with van der Waals surface area (Å²) >= 11 is 0. The van der Waals surface area contributed by atoms with Crippen LogP contribution in [0.25, 0.3) is 0 Å². The van der Waals surface area contributed by atoms with E-state index in [0.29, 0.717) is 31.9 Å². The van der Waals surface area contributed by atoms with Crippen LogP contribution in [0.1, 0.15) is 18.9 Å². The molecule has 0 saturated carbocycles. The van der Waals surface area contributed by atoms with E-state index in [1.54, 1.807) is 20.1 Å². The first-order chi connectivity index (χ1) is 9.88. The molecule has 0 bridgehead atoms. The quantitative estimate of drug-likeness (QED) is 0.530. The normalized spacial score (nSPS) is 13.7. The first kappa shape index (κ1) is 17.4. The van der Waals surface area contributed by atoms with Gasteiger partial charge >= 0.3 is 0 Å². The lowest BCUT2D eigenvalue weighted by molar-refractivity contribution is -0.385. The number of hydrogen-bond donors (Lipinski definition) is 2. The number of non-ortho nitro benzene ring substituents is 1. The van der Waals surface area contributed by atoms with Gasteiger partial charge in [0.2, 0.25) is 0 Å². The van der Waals surface area contributed by atoms with Gasteiger partial charge in [-0.1, -0.05) is 0 Å². The first-order valence-electron chi connectivity index (χ1n) is 6.62. The number of hydrogen-bond acceptors (Lipinski definition) is 6. The van der Waals surface area contributed by atoms with Crippen molar-refractivity contribution >= 4 is 5.69 Å². The van der Waals surface area contributed by atoms with Crippen LogP contribution < -0.4 is 10.1 Å². The molecular weight excluding hydrogens is 276 g/mol. The summed E-state index contributed by atoms with van der Waals surface area (Å²) in [6.07, 6.45) is 0.509. The van der Waals surface area contributed by atoms with Crippen LogP contribution in [0.4, 0.5) is 5.69 Å². The minimum absolute atomic E-state index is 0.0164. The van der Waals surface area contributed by atoms with Crippen molar-refractivity contribution in [1.82, 2.24) is 5.32 Å². The number of benzene rings is 1. The highest BCUT2D eigenvalue weighted by Crippen LogP contribution is 2.22. The predicted octanol–water partition coefficient (Wildman–Crippen LogP) is 1.48. The van der Waals surface area contributed by atoms with Gasteiger partial charge in [-0.05, 0) is 18.6 Å². The fraction of sp³-hybridized carbons (Fsp3) is 0.571. The van der Waals surface area contributed by atoms with Crippen LogP contribution in [0.15, 0.2) is 18.2 Å². The number of rotatable bonds is 9. The van der Waals surface area contributed by atoms with Gasteiger partial charge in [0.15, 0.2) is 0 Å². The summed E-state index contributed by atoms with van der Waals surface area (Å²) in [5.74, 6) is 0.437. The van der Waals surface area contributed by atoms with Gasteiger partial charge in [0, 0.05) is 39.3 Å². The van der Waals surface area contributed by atoms with Gasteiger partial charge in [0.25, 0.3) is 5.69 Å². The second kappa shape index (κ2) is 7.92. The van der Waals surface area contributed by atoms with Crippen molar-refractivity contribution in [3.05, 3.63) is 33.9 Å². The zero-order chi connectivity index (χ0) is 15.9. The van der Waals surface area contributed by atoms with E-state index < -0.39 is 10.5 Å². The molecule has 1 rings (SSSR count). The summed E-state index contributed by atoms with van der Waals surface area (Å²) in [4.78, 5) is 10.4. The summed E-state index contributed by atoms with van der Waals surface area (Å²) in [5.41, 5.74) is -0.179. The topological polar surface area (TPSA) is 93.9 Å². The second-order valence-electron chi connectivity index (χ2n) is 5.14. The number of nitrogens with one attached hydrogen (secondary N) is 1. The molecule has 2 N–H and O–H groups in total. The van der Waals surface area contributed by atoms with Gasteiger partial charge in [0.1, 0.15) is 5.75 Å². The monoisotopic (exact) mass is 298 g/mol. The first-order valence-corrected chi connectivity index (χ1v) is 6.62. The molecule has 0 spiro atoms. The minimum atomic E-state index is -0.888. The van der Waals surface area contributed by atoms with Crippen molar-refractivity contribution in [2.45, 2.75) is 25.5 Å². The summed E-state index contributed by atoms with van der Waals surface area (Å²) < 4.78 is 9.98. The number of aliphatic hydroxyl groups is 1. The fourth-order valence-corrected chi connectivity index (χ4v) is 1.86. The maximum Gasteiger partial charge on any atom is 0.273 e. The lowest BCUT2D eigenvalue weighted by Crippen LogP contribution is -2.38. The Labute approximate surface area is 124 Å². The molecular formula is C14H22N2O5. The van der Waals surface area contributed by atoms with Crippen LogP contribution in [-0.2, 0) is 11.3 Å². The Bertz CT molecular complexity index is 476. The Balaban J connectivity index is 2.62. The summed E-state index contributed by atoms with van der Waals surface area (Å²) in [7, 11) is 3.05. The van der Waals surface area contributed by atoms with Crippen LogP contribution >= 0.6 is 0 Å². The van der Waals surface area contributed by atoms with E-state index in [9.17, 15) is 15.2 Å². The van der Waals surface area contributed by atoms with Crippen molar-refractivity contribution < 1.29 is 19.5 Å². The lowest BCUT2D eigenvalue weighted by Gasteiger charge is -2.23. The van der Waals surface area contributed by atoms with Gasteiger partial charge in [-0.25, -0.2) is 0 Å². The van der Waals surface area contributed by atoms with Crippen molar-refractivity contribution in [3.8, 4) is 5.75 Å². The fourth-order valence-electron chi connectivity index (χ4n) is 1.86. The van der Waals surface area contributed by atoms with Crippen molar-refractivity contribution in [3.63, 3.8) is 0 Å². The van der Waals surface area contributed by atoms with Crippen LogP contribution in [0, 0.1) is 10.1 Å². The van der Waals surface area contributed by atoms with Gasteiger partial charge in [-0.2, -0.15) is 0 Å². The van der Waals surface area contributed by atoms with Crippen LogP contribution in [0.2, 0.25) is 0 Å². The molecule has 0 heterocycles. The molecule has 21 heavy (non-hydrogen) atoms. The zero-order valence-electron chi connectivity index (χ0n) is 12.6. The van der Waals surface area contributed by atoms with Crippen molar-refractivity contribution in [2.24, 2.45) is 0 Å². The molecule has 0 aliphatic rings. The standard InChI is InChI=1S/C14H22N2O5/c1-14(17,4-5-20-2)10-15-9-11-6-12(16(18)19)8-13(7-11)21-3/h6-8,15,17H,4-5,9-10H2,1-3H3. The third-order valence-corrected chi connectivity index (χ3v) is 3.08. The molecule has 1 aromatic rings. The van der Waals surface area contributed by atoms with E-state index in [1.807, 2.05) is 0 Å². The number of nitro benzene ring substituents is 1. The smallest absolute Gasteiger partial charge is 0.273 e. The molecule has 0 amide bonds. The molecule has 7 nitrogen and oxygen atoms in total. The number of nitro groups is 1. The van der Waals surface area contributed by atoms with E-state index in [4.69, 9.17) is 9.47 Å².